The summed E-state index contributed by atoms with van der Waals surface area (Å²) in [6.45, 7) is 0. The molecular formula is C15H21BrS. The molecule has 0 saturated heterocycles. The molecule has 2 heteroatoms. The molecule has 0 aromatic heterocycles. The second-order valence-corrected chi connectivity index (χ2v) is 6.76. The summed E-state index contributed by atoms with van der Waals surface area (Å²) in [4.78, 5) is 1.41. The van der Waals surface area contributed by atoms with Crippen molar-refractivity contribution in [1.29, 1.82) is 0 Å². The van der Waals surface area contributed by atoms with Gasteiger partial charge in [-0.3, -0.25) is 0 Å². The van der Waals surface area contributed by atoms with E-state index in [1.807, 2.05) is 11.8 Å². The Balaban J connectivity index is 1.94. The minimum absolute atomic E-state index is 0.539. The van der Waals surface area contributed by atoms with Crippen LogP contribution in [0.3, 0.4) is 0 Å². The third-order valence-electron chi connectivity index (χ3n) is 3.74. The van der Waals surface area contributed by atoms with Crippen LogP contribution in [-0.4, -0.2) is 11.1 Å². The molecule has 1 aliphatic carbocycles. The number of hydrogen-bond acceptors (Lipinski definition) is 1. The van der Waals surface area contributed by atoms with Crippen LogP contribution in [0.15, 0.2) is 35.2 Å². The van der Waals surface area contributed by atoms with Crippen LogP contribution >= 0.6 is 27.7 Å². The zero-order chi connectivity index (χ0) is 12.0. The normalized spacial score (nSPS) is 19.8. The number of hydrogen-bond donors (Lipinski definition) is 0. The van der Waals surface area contributed by atoms with Gasteiger partial charge in [-0.25, -0.2) is 0 Å². The summed E-state index contributed by atoms with van der Waals surface area (Å²) < 4.78 is 0. The first-order valence-electron chi connectivity index (χ1n) is 6.58. The van der Waals surface area contributed by atoms with E-state index >= 15 is 0 Å². The summed E-state index contributed by atoms with van der Waals surface area (Å²) in [6, 6.07) is 10.8. The van der Waals surface area contributed by atoms with E-state index in [1.165, 1.54) is 54.5 Å². The van der Waals surface area contributed by atoms with Crippen molar-refractivity contribution in [3.05, 3.63) is 30.3 Å². The molecule has 0 aliphatic heterocycles. The molecule has 94 valence electrons. The van der Waals surface area contributed by atoms with E-state index in [4.69, 9.17) is 0 Å². The molecule has 2 rings (SSSR count). The van der Waals surface area contributed by atoms with Crippen LogP contribution in [0.2, 0.25) is 0 Å². The molecule has 0 N–H and O–H groups in total. The van der Waals surface area contributed by atoms with Crippen molar-refractivity contribution in [3.8, 4) is 0 Å². The second-order valence-electron chi connectivity index (χ2n) is 5.15. The van der Waals surface area contributed by atoms with Gasteiger partial charge in [0, 0.05) is 16.0 Å². The summed E-state index contributed by atoms with van der Waals surface area (Å²) in [5, 5.41) is 1.17. The Morgan fingerprint density at radius 1 is 1.00 bits per heavy atom. The highest BCUT2D eigenvalue weighted by molar-refractivity contribution is 9.09. The van der Waals surface area contributed by atoms with E-state index in [-0.39, 0.29) is 0 Å². The summed E-state index contributed by atoms with van der Waals surface area (Å²) >= 11 is 5.79. The van der Waals surface area contributed by atoms with Crippen molar-refractivity contribution in [2.24, 2.45) is 5.41 Å². The van der Waals surface area contributed by atoms with Gasteiger partial charge >= 0.3 is 0 Å². The standard InChI is InChI=1S/C15H21BrS/c16-12-15(10-6-1-2-7-11-15)13-17-14-8-4-3-5-9-14/h3-5,8-9H,1-2,6-7,10-13H2. The summed E-state index contributed by atoms with van der Waals surface area (Å²) in [6.07, 6.45) is 8.51. The van der Waals surface area contributed by atoms with E-state index in [1.54, 1.807) is 0 Å². The van der Waals surface area contributed by atoms with Crippen LogP contribution in [0.25, 0.3) is 0 Å². The molecule has 0 amide bonds. The molecule has 1 aromatic carbocycles. The lowest BCUT2D eigenvalue weighted by atomic mass is 9.85. The van der Waals surface area contributed by atoms with Crippen molar-refractivity contribution in [2.45, 2.75) is 43.4 Å². The number of thioether (sulfide) groups is 1. The fourth-order valence-corrected chi connectivity index (χ4v) is 4.78. The Morgan fingerprint density at radius 2 is 1.65 bits per heavy atom. The fourth-order valence-electron chi connectivity index (χ4n) is 2.55. The molecule has 1 aliphatic rings. The molecule has 1 saturated carbocycles. The summed E-state index contributed by atoms with van der Waals surface area (Å²) in [5.41, 5.74) is 0.539. The molecule has 0 heterocycles. The average Bonchev–Trinajstić information content (AvgIpc) is 2.64. The monoisotopic (exact) mass is 312 g/mol. The molecule has 1 fully saturated rings. The molecule has 0 unspecified atom stereocenters. The lowest BCUT2D eigenvalue weighted by molar-refractivity contribution is 0.334. The molecule has 0 radical (unpaired) electrons. The van der Waals surface area contributed by atoms with Crippen LogP contribution < -0.4 is 0 Å². The van der Waals surface area contributed by atoms with Gasteiger partial charge in [-0.2, -0.15) is 0 Å². The van der Waals surface area contributed by atoms with Gasteiger partial charge in [-0.05, 0) is 30.4 Å². The molecule has 1 aromatic rings. The molecule has 0 nitrogen and oxygen atoms in total. The first kappa shape index (κ1) is 13.5. The van der Waals surface area contributed by atoms with Gasteiger partial charge in [0.15, 0.2) is 0 Å². The van der Waals surface area contributed by atoms with Gasteiger partial charge in [0.25, 0.3) is 0 Å². The topological polar surface area (TPSA) is 0 Å². The number of alkyl halides is 1. The molecule has 0 bridgehead atoms. The first-order chi connectivity index (χ1) is 8.35. The van der Waals surface area contributed by atoms with Crippen LogP contribution in [0.4, 0.5) is 0 Å². The number of halogens is 1. The highest BCUT2D eigenvalue weighted by Crippen LogP contribution is 2.40. The largest absolute Gasteiger partial charge is 0.126 e. The van der Waals surface area contributed by atoms with Crippen molar-refractivity contribution in [2.75, 3.05) is 11.1 Å². The lowest BCUT2D eigenvalue weighted by Gasteiger charge is -2.30. The fraction of sp³-hybridized carbons (Fsp3) is 0.600. The SMILES string of the molecule is BrCC1(CSc2ccccc2)CCCCCC1. The van der Waals surface area contributed by atoms with E-state index < -0.39 is 0 Å². The Kier molecular flexibility index (Phi) is 5.43. The Morgan fingerprint density at radius 3 is 2.24 bits per heavy atom. The highest BCUT2D eigenvalue weighted by Gasteiger charge is 2.29. The van der Waals surface area contributed by atoms with E-state index in [0.717, 1.165) is 0 Å². The first-order valence-corrected chi connectivity index (χ1v) is 8.69. The van der Waals surface area contributed by atoms with Crippen LogP contribution in [0.1, 0.15) is 38.5 Å². The van der Waals surface area contributed by atoms with Crippen molar-refractivity contribution in [3.63, 3.8) is 0 Å². The van der Waals surface area contributed by atoms with Gasteiger partial charge in [0.05, 0.1) is 0 Å². The maximum atomic E-state index is 3.76. The Hall–Kier alpha value is 0.0500. The maximum absolute atomic E-state index is 3.76. The van der Waals surface area contributed by atoms with E-state index in [9.17, 15) is 0 Å². The summed E-state index contributed by atoms with van der Waals surface area (Å²) in [5.74, 6) is 1.27. The third kappa shape index (κ3) is 4.03. The third-order valence-corrected chi connectivity index (χ3v) is 6.29. The van der Waals surface area contributed by atoms with Crippen molar-refractivity contribution in [1.82, 2.24) is 0 Å². The Labute approximate surface area is 118 Å². The van der Waals surface area contributed by atoms with Crippen LogP contribution in [0.5, 0.6) is 0 Å². The average molecular weight is 313 g/mol. The zero-order valence-electron chi connectivity index (χ0n) is 10.3. The van der Waals surface area contributed by atoms with Crippen LogP contribution in [0, 0.1) is 5.41 Å². The highest BCUT2D eigenvalue weighted by atomic mass is 79.9. The zero-order valence-corrected chi connectivity index (χ0v) is 12.7. The molecule has 0 atom stereocenters. The van der Waals surface area contributed by atoms with Gasteiger partial charge in [0.2, 0.25) is 0 Å². The predicted octanol–water partition coefficient (Wildman–Crippen LogP) is 5.51. The lowest BCUT2D eigenvalue weighted by Crippen LogP contribution is -2.24. The van der Waals surface area contributed by atoms with Gasteiger partial charge in [0.1, 0.15) is 0 Å². The van der Waals surface area contributed by atoms with Gasteiger partial charge in [-0.15, -0.1) is 11.8 Å². The molecule has 0 spiro atoms. The number of benzene rings is 1. The van der Waals surface area contributed by atoms with E-state index in [0.29, 0.717) is 5.41 Å². The van der Waals surface area contributed by atoms with Crippen molar-refractivity contribution >= 4 is 27.7 Å². The predicted molar refractivity (Wildman–Crippen MR) is 81.1 cm³/mol. The summed E-state index contributed by atoms with van der Waals surface area (Å²) in [7, 11) is 0. The smallest absolute Gasteiger partial charge is 0.00959 e. The molecule has 17 heavy (non-hydrogen) atoms. The van der Waals surface area contributed by atoms with Gasteiger partial charge in [-0.1, -0.05) is 59.8 Å². The minimum Gasteiger partial charge on any atom is -0.126 e. The van der Waals surface area contributed by atoms with Crippen molar-refractivity contribution < 1.29 is 0 Å². The quantitative estimate of drug-likeness (QED) is 0.401. The van der Waals surface area contributed by atoms with E-state index in [2.05, 4.69) is 46.3 Å². The Bertz CT molecular complexity index is 315. The number of rotatable bonds is 4. The molecular weight excluding hydrogens is 292 g/mol. The maximum Gasteiger partial charge on any atom is 0.00959 e. The minimum atomic E-state index is 0.539. The second kappa shape index (κ2) is 6.84. The van der Waals surface area contributed by atoms with Crippen LogP contribution in [-0.2, 0) is 0 Å². The van der Waals surface area contributed by atoms with Gasteiger partial charge < -0.3 is 0 Å².